The first-order valence-electron chi connectivity index (χ1n) is 9.32. The van der Waals surface area contributed by atoms with Crippen molar-refractivity contribution < 1.29 is 13.2 Å². The smallest absolute Gasteiger partial charge is 0.368 e. The fraction of sp³-hybridized carbons (Fsp3) is 0.368. The first kappa shape index (κ1) is 22.0. The Morgan fingerprint density at radius 2 is 1.67 bits per heavy atom. The van der Waals surface area contributed by atoms with E-state index in [0.717, 1.165) is 44.7 Å². The molecule has 0 amide bonds. The number of alkyl halides is 3. The predicted octanol–water partition coefficient (Wildman–Crippen LogP) is 3.09. The Kier molecular flexibility index (Phi) is 6.88. The van der Waals surface area contributed by atoms with E-state index < -0.39 is 11.9 Å². The minimum Gasteiger partial charge on any atom is -0.368 e. The van der Waals surface area contributed by atoms with Gasteiger partial charge >= 0.3 is 6.18 Å². The van der Waals surface area contributed by atoms with E-state index in [4.69, 9.17) is 0 Å². The number of anilines is 2. The van der Waals surface area contributed by atoms with Crippen LogP contribution in [-0.4, -0.2) is 64.1 Å². The quantitative estimate of drug-likeness (QED) is 0.655. The molecule has 0 unspecified atom stereocenters. The van der Waals surface area contributed by atoms with Crippen LogP contribution in [0.3, 0.4) is 0 Å². The summed E-state index contributed by atoms with van der Waals surface area (Å²) in [6, 6.07) is 5.69. The Labute approximate surface area is 177 Å². The number of pyridine rings is 2. The number of aromatic nitrogens is 4. The summed E-state index contributed by atoms with van der Waals surface area (Å²) in [5.74, 6) is 1.29. The maximum atomic E-state index is 12.9. The van der Waals surface area contributed by atoms with E-state index in [9.17, 15) is 13.2 Å². The summed E-state index contributed by atoms with van der Waals surface area (Å²) in [5.41, 5.74) is -0.629. The van der Waals surface area contributed by atoms with Gasteiger partial charge in [-0.2, -0.15) is 13.2 Å². The largest absolute Gasteiger partial charge is 0.433 e. The molecule has 0 aromatic carbocycles. The number of hydrogen-bond acceptors (Lipinski definition) is 7. The topological polar surface area (TPSA) is 70.1 Å². The van der Waals surface area contributed by atoms with Crippen LogP contribution in [0.4, 0.5) is 24.9 Å². The van der Waals surface area contributed by atoms with Gasteiger partial charge in [-0.15, -0.1) is 12.4 Å². The van der Waals surface area contributed by atoms with Crippen molar-refractivity contribution in [3.63, 3.8) is 0 Å². The van der Waals surface area contributed by atoms with E-state index in [-0.39, 0.29) is 17.9 Å². The van der Waals surface area contributed by atoms with E-state index in [2.05, 4.69) is 35.1 Å². The lowest BCUT2D eigenvalue weighted by Gasteiger charge is -2.34. The van der Waals surface area contributed by atoms with Crippen LogP contribution < -0.4 is 10.2 Å². The molecule has 0 bridgehead atoms. The molecule has 1 saturated heterocycles. The van der Waals surface area contributed by atoms with Crippen LogP contribution in [0.15, 0.2) is 42.9 Å². The summed E-state index contributed by atoms with van der Waals surface area (Å²) in [6.45, 7) is 4.91. The van der Waals surface area contributed by atoms with Gasteiger partial charge in [-0.3, -0.25) is 4.90 Å². The standard InChI is InChI=1S/C19H20F3N7.ClH/c20-19(21,22)16-3-2-14-15(27-16)4-7-23-17(14)24-8-9-28-10-12-29(13-11-28)18-25-5-1-6-26-18;/h1-7H,8-13H2,(H,23,24);1H. The SMILES string of the molecule is Cl.FC(F)(F)c1ccc2c(NCCN3CCN(c4ncccn4)CC3)nccc2n1. The number of piperazine rings is 1. The number of hydrogen-bond donors (Lipinski definition) is 1. The lowest BCUT2D eigenvalue weighted by Crippen LogP contribution is -2.48. The molecule has 11 heteroatoms. The van der Waals surface area contributed by atoms with E-state index in [1.807, 2.05) is 0 Å². The van der Waals surface area contributed by atoms with Gasteiger partial charge in [-0.1, -0.05) is 0 Å². The molecule has 4 rings (SSSR count). The van der Waals surface area contributed by atoms with E-state index in [0.29, 0.717) is 17.7 Å². The van der Waals surface area contributed by atoms with Gasteiger partial charge in [-0.25, -0.2) is 19.9 Å². The number of nitrogens with zero attached hydrogens (tertiary/aromatic N) is 6. The molecular weight excluding hydrogens is 419 g/mol. The van der Waals surface area contributed by atoms with Crippen molar-refractivity contribution in [3.8, 4) is 0 Å². The van der Waals surface area contributed by atoms with Crippen LogP contribution >= 0.6 is 12.4 Å². The van der Waals surface area contributed by atoms with Gasteiger partial charge in [0.05, 0.1) is 5.52 Å². The van der Waals surface area contributed by atoms with Crippen LogP contribution in [0.2, 0.25) is 0 Å². The maximum absolute atomic E-state index is 12.9. The van der Waals surface area contributed by atoms with Crippen molar-refractivity contribution in [2.75, 3.05) is 49.5 Å². The first-order chi connectivity index (χ1) is 14.0. The van der Waals surface area contributed by atoms with Gasteiger partial charge in [0, 0.05) is 63.2 Å². The minimum atomic E-state index is -4.46. The molecule has 7 nitrogen and oxygen atoms in total. The fourth-order valence-corrected chi connectivity index (χ4v) is 3.31. The highest BCUT2D eigenvalue weighted by Crippen LogP contribution is 2.30. The Bertz CT molecular complexity index is 963. The first-order valence-corrected chi connectivity index (χ1v) is 9.32. The van der Waals surface area contributed by atoms with Crippen molar-refractivity contribution in [1.29, 1.82) is 0 Å². The molecule has 3 aromatic rings. The Morgan fingerprint density at radius 1 is 0.933 bits per heavy atom. The van der Waals surface area contributed by atoms with Crippen molar-refractivity contribution in [3.05, 3.63) is 48.5 Å². The van der Waals surface area contributed by atoms with Gasteiger partial charge in [0.1, 0.15) is 11.5 Å². The molecule has 0 saturated carbocycles. The fourth-order valence-electron chi connectivity index (χ4n) is 3.31. The molecule has 1 aliphatic heterocycles. The monoisotopic (exact) mass is 439 g/mol. The van der Waals surface area contributed by atoms with E-state index in [1.165, 1.54) is 18.3 Å². The highest BCUT2D eigenvalue weighted by atomic mass is 35.5. The summed E-state index contributed by atoms with van der Waals surface area (Å²) >= 11 is 0. The van der Waals surface area contributed by atoms with Crippen LogP contribution in [0, 0.1) is 0 Å². The van der Waals surface area contributed by atoms with Crippen molar-refractivity contribution in [2.24, 2.45) is 0 Å². The Morgan fingerprint density at radius 3 is 2.37 bits per heavy atom. The summed E-state index contributed by atoms with van der Waals surface area (Å²) in [7, 11) is 0. The molecule has 0 radical (unpaired) electrons. The lowest BCUT2D eigenvalue weighted by atomic mass is 10.2. The van der Waals surface area contributed by atoms with Crippen LogP contribution in [0.1, 0.15) is 5.69 Å². The summed E-state index contributed by atoms with van der Waals surface area (Å²) in [6.07, 6.45) is 0.485. The molecule has 3 aromatic heterocycles. The van der Waals surface area contributed by atoms with Crippen molar-refractivity contribution in [2.45, 2.75) is 6.18 Å². The molecule has 0 spiro atoms. The zero-order chi connectivity index (χ0) is 20.3. The molecular formula is C19H21ClF3N7. The number of rotatable bonds is 5. The predicted molar refractivity (Wildman–Crippen MR) is 111 cm³/mol. The van der Waals surface area contributed by atoms with Crippen molar-refractivity contribution >= 4 is 35.1 Å². The van der Waals surface area contributed by atoms with Gasteiger partial charge < -0.3 is 10.2 Å². The van der Waals surface area contributed by atoms with E-state index in [1.54, 1.807) is 18.5 Å². The summed E-state index contributed by atoms with van der Waals surface area (Å²) in [5, 5.41) is 3.80. The van der Waals surface area contributed by atoms with Crippen molar-refractivity contribution in [1.82, 2.24) is 24.8 Å². The molecule has 1 fully saturated rings. The molecule has 30 heavy (non-hydrogen) atoms. The zero-order valence-electron chi connectivity index (χ0n) is 16.0. The minimum absolute atomic E-state index is 0. The Hall–Kier alpha value is -2.72. The number of fused-ring (bicyclic) bond motifs is 1. The van der Waals surface area contributed by atoms with E-state index >= 15 is 0 Å². The molecule has 4 heterocycles. The van der Waals surface area contributed by atoms with Gasteiger partial charge in [0.2, 0.25) is 5.95 Å². The maximum Gasteiger partial charge on any atom is 0.433 e. The van der Waals surface area contributed by atoms with Crippen LogP contribution in [0.5, 0.6) is 0 Å². The second kappa shape index (κ2) is 9.40. The molecule has 1 N–H and O–H groups in total. The third kappa shape index (κ3) is 5.06. The molecule has 160 valence electrons. The second-order valence-corrected chi connectivity index (χ2v) is 6.72. The normalized spacial score (nSPS) is 15.1. The number of halogens is 4. The highest BCUT2D eigenvalue weighted by Gasteiger charge is 2.32. The van der Waals surface area contributed by atoms with Gasteiger partial charge in [0.15, 0.2) is 0 Å². The summed E-state index contributed by atoms with van der Waals surface area (Å²) < 4.78 is 38.6. The third-order valence-corrected chi connectivity index (χ3v) is 4.83. The average molecular weight is 440 g/mol. The Balaban J connectivity index is 0.00000256. The zero-order valence-corrected chi connectivity index (χ0v) is 16.8. The summed E-state index contributed by atoms with van der Waals surface area (Å²) in [4.78, 5) is 21.0. The highest BCUT2D eigenvalue weighted by molar-refractivity contribution is 5.89. The van der Waals surface area contributed by atoms with Gasteiger partial charge in [-0.05, 0) is 24.3 Å². The van der Waals surface area contributed by atoms with Crippen LogP contribution in [0.25, 0.3) is 10.9 Å². The second-order valence-electron chi connectivity index (χ2n) is 6.72. The van der Waals surface area contributed by atoms with Crippen LogP contribution in [-0.2, 0) is 6.18 Å². The number of nitrogens with one attached hydrogen (secondary N) is 1. The molecule has 0 atom stereocenters. The molecule has 1 aliphatic rings. The van der Waals surface area contributed by atoms with Gasteiger partial charge in [0.25, 0.3) is 0 Å². The lowest BCUT2D eigenvalue weighted by molar-refractivity contribution is -0.140. The third-order valence-electron chi connectivity index (χ3n) is 4.83. The molecule has 0 aliphatic carbocycles. The average Bonchev–Trinajstić information content (AvgIpc) is 2.74.